The van der Waals surface area contributed by atoms with Gasteiger partial charge in [0.2, 0.25) is 0 Å². The van der Waals surface area contributed by atoms with E-state index in [2.05, 4.69) is 12.2 Å². The number of carbonyl (C=O) groups is 1. The van der Waals surface area contributed by atoms with E-state index in [1.165, 1.54) is 4.88 Å². The number of nitrogens with zero attached hydrogens (tertiary/aromatic N) is 1. The first-order valence-electron chi connectivity index (χ1n) is 7.82. The Morgan fingerprint density at radius 3 is 2.91 bits per heavy atom. The number of amides is 1. The molecule has 2 unspecified atom stereocenters. The fourth-order valence-electron chi connectivity index (χ4n) is 2.36. The summed E-state index contributed by atoms with van der Waals surface area (Å²) in [6, 6.07) is 4.07. The molecule has 1 aliphatic rings. The molecule has 1 aromatic rings. The smallest absolute Gasteiger partial charge is 0.410 e. The van der Waals surface area contributed by atoms with Crippen LogP contribution in [-0.4, -0.2) is 48.9 Å². The van der Waals surface area contributed by atoms with E-state index >= 15 is 0 Å². The van der Waals surface area contributed by atoms with Crippen LogP contribution in [0.25, 0.3) is 0 Å². The Labute approximate surface area is 146 Å². The van der Waals surface area contributed by atoms with Crippen LogP contribution in [0.5, 0.6) is 0 Å². The van der Waals surface area contributed by atoms with Gasteiger partial charge in [0.05, 0.1) is 23.6 Å². The maximum Gasteiger partial charge on any atom is 0.410 e. The largest absolute Gasteiger partial charge is 0.444 e. The zero-order valence-corrected chi connectivity index (χ0v) is 15.7. The van der Waals surface area contributed by atoms with Gasteiger partial charge >= 0.3 is 6.09 Å². The third-order valence-electron chi connectivity index (χ3n) is 3.54. The molecule has 2 rings (SSSR count). The third kappa shape index (κ3) is 5.64. The van der Waals surface area contributed by atoms with Crippen LogP contribution in [0.2, 0.25) is 4.34 Å². The van der Waals surface area contributed by atoms with Crippen molar-refractivity contribution in [3.05, 3.63) is 21.3 Å². The summed E-state index contributed by atoms with van der Waals surface area (Å²) in [6.45, 7) is 9.99. The molecule has 7 heteroatoms. The van der Waals surface area contributed by atoms with E-state index in [1.807, 2.05) is 32.9 Å². The topological polar surface area (TPSA) is 50.8 Å². The molecule has 2 heterocycles. The molecule has 0 aromatic carbocycles. The number of thiophene rings is 1. The van der Waals surface area contributed by atoms with Crippen molar-refractivity contribution in [2.24, 2.45) is 0 Å². The Morgan fingerprint density at radius 2 is 2.30 bits per heavy atom. The number of morpholine rings is 1. The molecule has 1 aromatic heterocycles. The van der Waals surface area contributed by atoms with E-state index in [0.717, 1.165) is 4.34 Å². The van der Waals surface area contributed by atoms with Crippen LogP contribution < -0.4 is 5.32 Å². The Balaban J connectivity index is 1.92. The predicted octanol–water partition coefficient (Wildman–Crippen LogP) is 3.69. The number of nitrogens with one attached hydrogen (secondary N) is 1. The van der Waals surface area contributed by atoms with E-state index in [0.29, 0.717) is 26.3 Å². The summed E-state index contributed by atoms with van der Waals surface area (Å²) >= 11 is 7.54. The van der Waals surface area contributed by atoms with Crippen LogP contribution in [-0.2, 0) is 9.47 Å². The quantitative estimate of drug-likeness (QED) is 0.889. The van der Waals surface area contributed by atoms with Crippen LogP contribution in [0.4, 0.5) is 4.79 Å². The van der Waals surface area contributed by atoms with Crippen LogP contribution in [0.15, 0.2) is 12.1 Å². The summed E-state index contributed by atoms with van der Waals surface area (Å²) in [5.74, 6) is 0. The molecule has 0 radical (unpaired) electrons. The van der Waals surface area contributed by atoms with Gasteiger partial charge < -0.3 is 14.8 Å². The van der Waals surface area contributed by atoms with Crippen LogP contribution in [0, 0.1) is 0 Å². The lowest BCUT2D eigenvalue weighted by molar-refractivity contribution is -0.0321. The SMILES string of the molecule is CC(NCC1COCCN1C(=O)OC(C)(C)C)c1ccc(Cl)s1. The van der Waals surface area contributed by atoms with Gasteiger partial charge in [-0.05, 0) is 39.8 Å². The Bertz CT molecular complexity index is 530. The van der Waals surface area contributed by atoms with Gasteiger partial charge in [-0.3, -0.25) is 4.90 Å². The van der Waals surface area contributed by atoms with Gasteiger partial charge in [0.15, 0.2) is 0 Å². The number of halogens is 1. The number of hydrogen-bond acceptors (Lipinski definition) is 5. The molecule has 5 nitrogen and oxygen atoms in total. The molecule has 2 atom stereocenters. The van der Waals surface area contributed by atoms with Crippen LogP contribution in [0.3, 0.4) is 0 Å². The summed E-state index contributed by atoms with van der Waals surface area (Å²) < 4.78 is 11.8. The van der Waals surface area contributed by atoms with E-state index < -0.39 is 5.60 Å². The fraction of sp³-hybridized carbons (Fsp3) is 0.688. The molecule has 130 valence electrons. The highest BCUT2D eigenvalue weighted by atomic mass is 35.5. The third-order valence-corrected chi connectivity index (χ3v) is 4.95. The minimum absolute atomic E-state index is 0.0310. The standard InChI is InChI=1S/C16H25ClN2O3S/c1-11(13-5-6-14(17)23-13)18-9-12-10-21-8-7-19(12)15(20)22-16(2,3)4/h5-6,11-12,18H,7-10H2,1-4H3. The van der Waals surface area contributed by atoms with Gasteiger partial charge in [0, 0.05) is 24.0 Å². The summed E-state index contributed by atoms with van der Waals surface area (Å²) in [4.78, 5) is 15.3. The summed E-state index contributed by atoms with van der Waals surface area (Å²) in [5.41, 5.74) is -0.492. The molecule has 1 fully saturated rings. The molecule has 1 aliphatic heterocycles. The fourth-order valence-corrected chi connectivity index (χ4v) is 3.45. The monoisotopic (exact) mass is 360 g/mol. The number of rotatable bonds is 4. The molecule has 0 bridgehead atoms. The van der Waals surface area contributed by atoms with Crippen molar-refractivity contribution in [1.82, 2.24) is 10.2 Å². The lowest BCUT2D eigenvalue weighted by atomic mass is 10.2. The van der Waals surface area contributed by atoms with E-state index in [4.69, 9.17) is 21.1 Å². The molecular formula is C16H25ClN2O3S. The predicted molar refractivity (Wildman–Crippen MR) is 93.3 cm³/mol. The van der Waals surface area contributed by atoms with Crippen molar-refractivity contribution < 1.29 is 14.3 Å². The first-order chi connectivity index (χ1) is 10.8. The minimum atomic E-state index is -0.492. The molecule has 1 amide bonds. The maximum atomic E-state index is 12.3. The van der Waals surface area contributed by atoms with Crippen molar-refractivity contribution in [3.8, 4) is 0 Å². The van der Waals surface area contributed by atoms with Crippen LogP contribution >= 0.6 is 22.9 Å². The Kier molecular flexibility index (Phi) is 6.31. The lowest BCUT2D eigenvalue weighted by Crippen LogP contribution is -2.54. The van der Waals surface area contributed by atoms with Crippen molar-refractivity contribution in [3.63, 3.8) is 0 Å². The number of ether oxygens (including phenoxy) is 2. The Morgan fingerprint density at radius 1 is 1.57 bits per heavy atom. The molecular weight excluding hydrogens is 336 g/mol. The number of hydrogen-bond donors (Lipinski definition) is 1. The molecule has 1 saturated heterocycles. The first kappa shape index (κ1) is 18.5. The maximum absolute atomic E-state index is 12.3. The van der Waals surface area contributed by atoms with Gasteiger partial charge in [-0.1, -0.05) is 11.6 Å². The molecule has 1 N–H and O–H groups in total. The zero-order valence-electron chi connectivity index (χ0n) is 14.1. The minimum Gasteiger partial charge on any atom is -0.444 e. The molecule has 23 heavy (non-hydrogen) atoms. The lowest BCUT2D eigenvalue weighted by Gasteiger charge is -2.37. The van der Waals surface area contributed by atoms with Gasteiger partial charge in [0.25, 0.3) is 0 Å². The van der Waals surface area contributed by atoms with Crippen molar-refractivity contribution in [2.75, 3.05) is 26.3 Å². The highest BCUT2D eigenvalue weighted by Crippen LogP contribution is 2.26. The second-order valence-corrected chi connectivity index (χ2v) is 8.42. The van der Waals surface area contributed by atoms with Gasteiger partial charge in [0.1, 0.15) is 5.60 Å². The molecule has 0 saturated carbocycles. The zero-order chi connectivity index (χ0) is 17.0. The first-order valence-corrected chi connectivity index (χ1v) is 9.01. The second kappa shape index (κ2) is 7.83. The second-order valence-electron chi connectivity index (χ2n) is 6.67. The van der Waals surface area contributed by atoms with Crippen LogP contribution in [0.1, 0.15) is 38.6 Å². The normalized spacial score (nSPS) is 20.4. The van der Waals surface area contributed by atoms with E-state index in [-0.39, 0.29) is 18.2 Å². The number of carbonyl (C=O) groups excluding carboxylic acids is 1. The highest BCUT2D eigenvalue weighted by Gasteiger charge is 2.31. The van der Waals surface area contributed by atoms with Gasteiger partial charge in [-0.2, -0.15) is 0 Å². The highest BCUT2D eigenvalue weighted by molar-refractivity contribution is 7.16. The molecule has 0 aliphatic carbocycles. The average molecular weight is 361 g/mol. The van der Waals surface area contributed by atoms with E-state index in [9.17, 15) is 4.79 Å². The average Bonchev–Trinajstić information content (AvgIpc) is 2.90. The van der Waals surface area contributed by atoms with Gasteiger partial charge in [-0.15, -0.1) is 11.3 Å². The summed E-state index contributed by atoms with van der Waals surface area (Å²) in [5, 5.41) is 3.45. The van der Waals surface area contributed by atoms with Crippen molar-refractivity contribution in [2.45, 2.75) is 45.4 Å². The van der Waals surface area contributed by atoms with E-state index in [1.54, 1.807) is 16.2 Å². The van der Waals surface area contributed by atoms with Gasteiger partial charge in [-0.25, -0.2) is 4.79 Å². The summed E-state index contributed by atoms with van der Waals surface area (Å²) in [6.07, 6.45) is -0.278. The van der Waals surface area contributed by atoms with Crippen molar-refractivity contribution in [1.29, 1.82) is 0 Å². The molecule has 0 spiro atoms. The Hall–Kier alpha value is -0.820. The van der Waals surface area contributed by atoms with Crippen molar-refractivity contribution >= 4 is 29.0 Å². The summed E-state index contributed by atoms with van der Waals surface area (Å²) in [7, 11) is 0.